The van der Waals surface area contributed by atoms with Gasteiger partial charge in [-0.25, -0.2) is 4.98 Å². The van der Waals surface area contributed by atoms with E-state index in [4.69, 9.17) is 4.98 Å². The summed E-state index contributed by atoms with van der Waals surface area (Å²) in [5, 5.41) is 23.8. The highest BCUT2D eigenvalue weighted by molar-refractivity contribution is 7.17. The monoisotopic (exact) mass is 494 g/mol. The summed E-state index contributed by atoms with van der Waals surface area (Å²) in [7, 11) is 0. The van der Waals surface area contributed by atoms with E-state index in [0.29, 0.717) is 29.2 Å². The molecule has 35 heavy (non-hydrogen) atoms. The molecule has 0 aliphatic heterocycles. The Bertz CT molecular complexity index is 1280. The second-order valence-electron chi connectivity index (χ2n) is 10.1. The number of H-pyrrole nitrogens is 1. The lowest BCUT2D eigenvalue weighted by Crippen LogP contribution is -2.27. The van der Waals surface area contributed by atoms with E-state index in [1.165, 1.54) is 11.3 Å². The third-order valence-electron chi connectivity index (χ3n) is 6.13. The van der Waals surface area contributed by atoms with Gasteiger partial charge in [-0.2, -0.15) is 5.10 Å². The number of rotatable bonds is 10. The SMILES string of the molecule is CC(C)C(C)CNCc1ccc2c(c1)nc(NC(=O)c1ccc(-c3cn[nH]c3)s1)n2CC(C)(C)O. The van der Waals surface area contributed by atoms with Gasteiger partial charge in [-0.1, -0.05) is 26.8 Å². The van der Waals surface area contributed by atoms with E-state index in [-0.39, 0.29) is 5.91 Å². The van der Waals surface area contributed by atoms with E-state index in [9.17, 15) is 9.90 Å². The van der Waals surface area contributed by atoms with Gasteiger partial charge in [0.25, 0.3) is 5.91 Å². The van der Waals surface area contributed by atoms with Crippen LogP contribution in [0.4, 0.5) is 5.95 Å². The summed E-state index contributed by atoms with van der Waals surface area (Å²) in [6.45, 7) is 12.2. The van der Waals surface area contributed by atoms with Crippen LogP contribution < -0.4 is 10.6 Å². The van der Waals surface area contributed by atoms with Crippen LogP contribution in [0.25, 0.3) is 21.5 Å². The largest absolute Gasteiger partial charge is 0.389 e. The Labute approximate surface area is 209 Å². The Morgan fingerprint density at radius 3 is 2.71 bits per heavy atom. The molecule has 8 nitrogen and oxygen atoms in total. The number of anilines is 1. The number of aromatic nitrogens is 4. The number of aromatic amines is 1. The molecule has 4 N–H and O–H groups in total. The number of carbonyl (C=O) groups is 1. The van der Waals surface area contributed by atoms with E-state index in [1.807, 2.05) is 22.8 Å². The average Bonchev–Trinajstić information content (AvgIpc) is 3.53. The van der Waals surface area contributed by atoms with Crippen LogP contribution in [0, 0.1) is 11.8 Å². The number of hydrogen-bond donors (Lipinski definition) is 4. The fourth-order valence-corrected chi connectivity index (χ4v) is 4.65. The quantitative estimate of drug-likeness (QED) is 0.251. The minimum absolute atomic E-state index is 0.235. The molecule has 0 bridgehead atoms. The highest BCUT2D eigenvalue weighted by Crippen LogP contribution is 2.29. The summed E-state index contributed by atoms with van der Waals surface area (Å²) in [5.74, 6) is 1.41. The molecular formula is C26H34N6O2S. The molecular weight excluding hydrogens is 460 g/mol. The topological polar surface area (TPSA) is 108 Å². The first-order chi connectivity index (χ1) is 16.6. The maximum atomic E-state index is 13.1. The molecule has 0 saturated carbocycles. The summed E-state index contributed by atoms with van der Waals surface area (Å²) >= 11 is 1.39. The second kappa shape index (κ2) is 10.3. The maximum absolute atomic E-state index is 13.1. The molecule has 1 aromatic carbocycles. The molecule has 0 saturated heterocycles. The number of hydrogen-bond acceptors (Lipinski definition) is 6. The summed E-state index contributed by atoms with van der Waals surface area (Å²) in [6, 6.07) is 9.83. The number of aliphatic hydroxyl groups is 1. The molecule has 1 atom stereocenters. The molecule has 9 heteroatoms. The van der Waals surface area contributed by atoms with Crippen molar-refractivity contribution in [3.05, 3.63) is 53.2 Å². The zero-order valence-electron chi connectivity index (χ0n) is 20.9. The Hall–Kier alpha value is -3.01. The van der Waals surface area contributed by atoms with Crippen molar-refractivity contribution in [3.8, 4) is 10.4 Å². The van der Waals surface area contributed by atoms with Crippen molar-refractivity contribution in [2.24, 2.45) is 11.8 Å². The van der Waals surface area contributed by atoms with Crippen LogP contribution in [-0.2, 0) is 13.1 Å². The van der Waals surface area contributed by atoms with E-state index >= 15 is 0 Å². The predicted molar refractivity (Wildman–Crippen MR) is 142 cm³/mol. The summed E-state index contributed by atoms with van der Waals surface area (Å²) < 4.78 is 1.87. The van der Waals surface area contributed by atoms with E-state index in [1.54, 1.807) is 32.3 Å². The summed E-state index contributed by atoms with van der Waals surface area (Å²) in [4.78, 5) is 19.3. The standard InChI is InChI=1S/C26H34N6O2S/c1-16(2)17(3)11-27-12-18-6-7-21-20(10-18)30-25(32(21)15-26(4,5)34)31-24(33)23-9-8-22(35-23)19-13-28-29-14-19/h6-10,13-14,16-17,27,34H,11-12,15H2,1-5H3,(H,28,29)(H,30,31,33). The van der Waals surface area contributed by atoms with Crippen molar-refractivity contribution in [1.82, 2.24) is 25.1 Å². The van der Waals surface area contributed by atoms with Gasteiger partial charge in [0, 0.05) is 23.2 Å². The Balaban J connectivity index is 1.56. The summed E-state index contributed by atoms with van der Waals surface area (Å²) in [5.41, 5.74) is 2.74. The second-order valence-corrected chi connectivity index (χ2v) is 11.2. The van der Waals surface area contributed by atoms with Crippen molar-refractivity contribution >= 4 is 34.2 Å². The van der Waals surface area contributed by atoms with E-state index in [2.05, 4.69) is 47.7 Å². The first-order valence-corrected chi connectivity index (χ1v) is 12.7. The minimum atomic E-state index is -0.975. The predicted octanol–water partition coefficient (Wildman–Crippen LogP) is 4.89. The molecule has 0 aliphatic carbocycles. The first-order valence-electron chi connectivity index (χ1n) is 11.9. The van der Waals surface area contributed by atoms with Crippen LogP contribution in [-0.4, -0.2) is 42.9 Å². The molecule has 0 aliphatic rings. The van der Waals surface area contributed by atoms with Crippen LogP contribution >= 0.6 is 11.3 Å². The van der Waals surface area contributed by atoms with Crippen LogP contribution in [0.3, 0.4) is 0 Å². The lowest BCUT2D eigenvalue weighted by atomic mass is 9.98. The third kappa shape index (κ3) is 6.17. The highest BCUT2D eigenvalue weighted by Gasteiger charge is 2.22. The number of nitrogens with zero attached hydrogens (tertiary/aromatic N) is 3. The van der Waals surface area contributed by atoms with Crippen LogP contribution in [0.2, 0.25) is 0 Å². The fourth-order valence-electron chi connectivity index (χ4n) is 3.77. The molecule has 0 fully saturated rings. The summed E-state index contributed by atoms with van der Waals surface area (Å²) in [6.07, 6.45) is 3.53. The van der Waals surface area contributed by atoms with Gasteiger partial charge in [0.1, 0.15) is 0 Å². The number of nitrogens with one attached hydrogen (secondary N) is 3. The van der Waals surface area contributed by atoms with Gasteiger partial charge in [-0.3, -0.25) is 15.2 Å². The molecule has 4 rings (SSSR count). The minimum Gasteiger partial charge on any atom is -0.389 e. The zero-order valence-corrected chi connectivity index (χ0v) is 21.7. The third-order valence-corrected chi connectivity index (χ3v) is 7.26. The van der Waals surface area contributed by atoms with Gasteiger partial charge in [0.15, 0.2) is 0 Å². The Morgan fingerprint density at radius 1 is 1.23 bits per heavy atom. The number of carbonyl (C=O) groups excluding carboxylic acids is 1. The molecule has 0 spiro atoms. The van der Waals surface area contributed by atoms with Gasteiger partial charge in [0.2, 0.25) is 5.95 Å². The number of fused-ring (bicyclic) bond motifs is 1. The van der Waals surface area contributed by atoms with Crippen LogP contribution in [0.15, 0.2) is 42.7 Å². The van der Waals surface area contributed by atoms with E-state index < -0.39 is 5.60 Å². The smallest absolute Gasteiger partial charge is 0.268 e. The molecule has 4 aromatic rings. The normalized spacial score (nSPS) is 13.0. The number of thiophene rings is 1. The van der Waals surface area contributed by atoms with Crippen molar-refractivity contribution < 1.29 is 9.90 Å². The Morgan fingerprint density at radius 2 is 2.03 bits per heavy atom. The van der Waals surface area contributed by atoms with Crippen molar-refractivity contribution in [1.29, 1.82) is 0 Å². The van der Waals surface area contributed by atoms with Gasteiger partial charge < -0.3 is 15.0 Å². The van der Waals surface area contributed by atoms with E-state index in [0.717, 1.165) is 40.1 Å². The first kappa shape index (κ1) is 25.1. The van der Waals surface area contributed by atoms with Crippen molar-refractivity contribution in [2.75, 3.05) is 11.9 Å². The molecule has 1 amide bonds. The lowest BCUT2D eigenvalue weighted by Gasteiger charge is -2.20. The number of benzene rings is 1. The number of imidazole rings is 1. The fraction of sp³-hybridized carbons (Fsp3) is 0.423. The molecule has 0 radical (unpaired) electrons. The highest BCUT2D eigenvalue weighted by atomic mass is 32.1. The van der Waals surface area contributed by atoms with Crippen LogP contribution in [0.1, 0.15) is 49.9 Å². The van der Waals surface area contributed by atoms with Gasteiger partial charge >= 0.3 is 0 Å². The molecule has 3 aromatic heterocycles. The number of amides is 1. The van der Waals surface area contributed by atoms with Crippen molar-refractivity contribution in [2.45, 2.75) is 53.3 Å². The van der Waals surface area contributed by atoms with Crippen molar-refractivity contribution in [3.63, 3.8) is 0 Å². The van der Waals surface area contributed by atoms with Gasteiger partial charge in [-0.15, -0.1) is 11.3 Å². The zero-order chi connectivity index (χ0) is 25.2. The average molecular weight is 495 g/mol. The van der Waals surface area contributed by atoms with Gasteiger partial charge in [0.05, 0.1) is 34.3 Å². The van der Waals surface area contributed by atoms with Gasteiger partial charge in [-0.05, 0) is 62.1 Å². The Kier molecular flexibility index (Phi) is 7.39. The molecule has 3 heterocycles. The molecule has 1 unspecified atom stereocenters. The van der Waals surface area contributed by atoms with Crippen LogP contribution in [0.5, 0.6) is 0 Å². The molecule has 186 valence electrons. The lowest BCUT2D eigenvalue weighted by molar-refractivity contribution is 0.0630. The maximum Gasteiger partial charge on any atom is 0.268 e.